The number of carbonyl (C=O) groups is 1. The van der Waals surface area contributed by atoms with E-state index in [1.807, 2.05) is 0 Å². The van der Waals surface area contributed by atoms with Crippen molar-refractivity contribution in [1.29, 1.82) is 0 Å². The molecule has 2 unspecified atom stereocenters. The van der Waals surface area contributed by atoms with Gasteiger partial charge in [-0.15, -0.1) is 0 Å². The van der Waals surface area contributed by atoms with Crippen molar-refractivity contribution in [2.24, 2.45) is 11.7 Å². The van der Waals surface area contributed by atoms with Crippen molar-refractivity contribution in [3.63, 3.8) is 0 Å². The van der Waals surface area contributed by atoms with Gasteiger partial charge in [0.25, 0.3) is 0 Å². The molecule has 70 valence electrons. The standard InChI is InChI=1S/C9H18N2O/c1-3-9(2)7(4-5-11-9)6-8(10)12/h7,11H,3-6H2,1-2H3,(H2,10,12). The Morgan fingerprint density at radius 1 is 1.75 bits per heavy atom. The summed E-state index contributed by atoms with van der Waals surface area (Å²) in [5.74, 6) is 0.253. The van der Waals surface area contributed by atoms with Crippen LogP contribution in [0, 0.1) is 5.92 Å². The molecule has 12 heavy (non-hydrogen) atoms. The average molecular weight is 170 g/mol. The first kappa shape index (κ1) is 9.52. The first-order valence-corrected chi connectivity index (χ1v) is 4.62. The molecule has 3 nitrogen and oxygen atoms in total. The summed E-state index contributed by atoms with van der Waals surface area (Å²) in [7, 11) is 0. The lowest BCUT2D eigenvalue weighted by Crippen LogP contribution is -2.42. The smallest absolute Gasteiger partial charge is 0.217 e. The van der Waals surface area contributed by atoms with Crippen LogP contribution in [0.25, 0.3) is 0 Å². The predicted molar refractivity (Wildman–Crippen MR) is 48.6 cm³/mol. The molecule has 1 amide bonds. The van der Waals surface area contributed by atoms with E-state index in [0.29, 0.717) is 12.3 Å². The van der Waals surface area contributed by atoms with Gasteiger partial charge in [0.1, 0.15) is 0 Å². The van der Waals surface area contributed by atoms with Gasteiger partial charge in [-0.3, -0.25) is 4.79 Å². The third-order valence-electron chi connectivity index (χ3n) is 3.10. The van der Waals surface area contributed by atoms with E-state index in [0.717, 1.165) is 19.4 Å². The van der Waals surface area contributed by atoms with E-state index in [-0.39, 0.29) is 11.4 Å². The Morgan fingerprint density at radius 3 is 2.92 bits per heavy atom. The molecule has 3 N–H and O–H groups in total. The number of hydrogen-bond acceptors (Lipinski definition) is 2. The van der Waals surface area contributed by atoms with Crippen LogP contribution in [0.1, 0.15) is 33.1 Å². The van der Waals surface area contributed by atoms with E-state index in [4.69, 9.17) is 5.73 Å². The van der Waals surface area contributed by atoms with Crippen LogP contribution in [-0.2, 0) is 4.79 Å². The van der Waals surface area contributed by atoms with Crippen molar-refractivity contribution in [2.75, 3.05) is 6.54 Å². The van der Waals surface area contributed by atoms with E-state index in [2.05, 4.69) is 19.2 Å². The molecule has 0 aromatic carbocycles. The summed E-state index contributed by atoms with van der Waals surface area (Å²) < 4.78 is 0. The lowest BCUT2D eigenvalue weighted by molar-refractivity contribution is -0.119. The minimum Gasteiger partial charge on any atom is -0.370 e. The second-order valence-electron chi connectivity index (χ2n) is 3.85. The van der Waals surface area contributed by atoms with Gasteiger partial charge in [0.15, 0.2) is 0 Å². The maximum absolute atomic E-state index is 10.8. The Labute approximate surface area is 73.7 Å². The van der Waals surface area contributed by atoms with E-state index in [9.17, 15) is 4.79 Å². The van der Waals surface area contributed by atoms with E-state index in [1.54, 1.807) is 0 Å². The van der Waals surface area contributed by atoms with E-state index in [1.165, 1.54) is 0 Å². The summed E-state index contributed by atoms with van der Waals surface area (Å²) in [5, 5.41) is 3.43. The molecular formula is C9H18N2O. The molecule has 0 bridgehead atoms. The summed E-state index contributed by atoms with van der Waals surface area (Å²) >= 11 is 0. The Kier molecular flexibility index (Phi) is 2.73. The summed E-state index contributed by atoms with van der Waals surface area (Å²) in [4.78, 5) is 10.8. The third kappa shape index (κ3) is 1.78. The monoisotopic (exact) mass is 170 g/mol. The second kappa shape index (κ2) is 3.44. The van der Waals surface area contributed by atoms with Gasteiger partial charge in [0.05, 0.1) is 0 Å². The number of nitrogens with one attached hydrogen (secondary N) is 1. The summed E-state index contributed by atoms with van der Waals surface area (Å²) in [6.07, 6.45) is 2.66. The van der Waals surface area contributed by atoms with Crippen LogP contribution in [0.4, 0.5) is 0 Å². The number of nitrogens with two attached hydrogens (primary N) is 1. The number of amides is 1. The molecule has 1 heterocycles. The molecule has 1 rings (SSSR count). The Balaban J connectivity index is 2.57. The van der Waals surface area contributed by atoms with Crippen LogP contribution in [0.5, 0.6) is 0 Å². The quantitative estimate of drug-likeness (QED) is 0.653. The van der Waals surface area contributed by atoms with Crippen LogP contribution in [0.3, 0.4) is 0 Å². The van der Waals surface area contributed by atoms with Crippen molar-refractivity contribution in [2.45, 2.75) is 38.6 Å². The number of carbonyl (C=O) groups excluding carboxylic acids is 1. The SMILES string of the molecule is CCC1(C)NCCC1CC(N)=O. The normalized spacial score (nSPS) is 35.3. The average Bonchev–Trinajstić information content (AvgIpc) is 2.33. The van der Waals surface area contributed by atoms with Gasteiger partial charge in [0, 0.05) is 12.0 Å². The summed E-state index contributed by atoms with van der Waals surface area (Å²) in [5.41, 5.74) is 5.32. The highest BCUT2D eigenvalue weighted by atomic mass is 16.1. The lowest BCUT2D eigenvalue weighted by Gasteiger charge is -2.29. The maximum atomic E-state index is 10.8. The van der Waals surface area contributed by atoms with Crippen molar-refractivity contribution >= 4 is 5.91 Å². The largest absolute Gasteiger partial charge is 0.370 e. The molecule has 3 heteroatoms. The van der Waals surface area contributed by atoms with Crippen LogP contribution >= 0.6 is 0 Å². The zero-order chi connectivity index (χ0) is 9.19. The summed E-state index contributed by atoms with van der Waals surface area (Å²) in [6.45, 7) is 5.34. The number of hydrogen-bond donors (Lipinski definition) is 2. The zero-order valence-electron chi connectivity index (χ0n) is 7.89. The highest BCUT2D eigenvalue weighted by molar-refractivity contribution is 5.74. The third-order valence-corrected chi connectivity index (χ3v) is 3.10. The predicted octanol–water partition coefficient (Wildman–Crippen LogP) is 0.640. The van der Waals surface area contributed by atoms with Crippen LogP contribution in [-0.4, -0.2) is 18.0 Å². The van der Waals surface area contributed by atoms with Crippen LogP contribution < -0.4 is 11.1 Å². The minimum absolute atomic E-state index is 0.134. The fourth-order valence-electron chi connectivity index (χ4n) is 1.98. The van der Waals surface area contributed by atoms with Gasteiger partial charge in [0.2, 0.25) is 5.91 Å². The van der Waals surface area contributed by atoms with Gasteiger partial charge >= 0.3 is 0 Å². The molecular weight excluding hydrogens is 152 g/mol. The van der Waals surface area contributed by atoms with Crippen molar-refractivity contribution in [1.82, 2.24) is 5.32 Å². The van der Waals surface area contributed by atoms with Crippen LogP contribution in [0.15, 0.2) is 0 Å². The molecule has 1 fully saturated rings. The van der Waals surface area contributed by atoms with Gasteiger partial charge in [-0.2, -0.15) is 0 Å². The molecule has 0 saturated carbocycles. The van der Waals surface area contributed by atoms with Crippen LogP contribution in [0.2, 0.25) is 0 Å². The highest BCUT2D eigenvalue weighted by Gasteiger charge is 2.37. The first-order chi connectivity index (χ1) is 5.58. The minimum atomic E-state index is -0.177. The Hall–Kier alpha value is -0.570. The lowest BCUT2D eigenvalue weighted by atomic mass is 9.83. The fourth-order valence-corrected chi connectivity index (χ4v) is 1.98. The molecule has 0 spiro atoms. The first-order valence-electron chi connectivity index (χ1n) is 4.62. The Bertz CT molecular complexity index is 181. The van der Waals surface area contributed by atoms with Crippen molar-refractivity contribution in [3.8, 4) is 0 Å². The van der Waals surface area contributed by atoms with Crippen molar-refractivity contribution < 1.29 is 4.79 Å². The molecule has 0 aromatic heterocycles. The molecule has 0 aromatic rings. The van der Waals surface area contributed by atoms with Crippen molar-refractivity contribution in [3.05, 3.63) is 0 Å². The molecule has 1 saturated heterocycles. The molecule has 1 aliphatic rings. The van der Waals surface area contributed by atoms with Gasteiger partial charge in [-0.1, -0.05) is 6.92 Å². The Morgan fingerprint density at radius 2 is 2.42 bits per heavy atom. The molecule has 0 aliphatic carbocycles. The van der Waals surface area contributed by atoms with E-state index >= 15 is 0 Å². The van der Waals surface area contributed by atoms with Gasteiger partial charge in [-0.05, 0) is 32.2 Å². The van der Waals surface area contributed by atoms with Gasteiger partial charge in [-0.25, -0.2) is 0 Å². The zero-order valence-corrected chi connectivity index (χ0v) is 7.89. The molecule has 0 radical (unpaired) electrons. The summed E-state index contributed by atoms with van der Waals surface area (Å²) in [6, 6.07) is 0. The molecule has 1 aliphatic heterocycles. The molecule has 2 atom stereocenters. The van der Waals surface area contributed by atoms with E-state index < -0.39 is 0 Å². The highest BCUT2D eigenvalue weighted by Crippen LogP contribution is 2.31. The second-order valence-corrected chi connectivity index (χ2v) is 3.85. The number of rotatable bonds is 3. The van der Waals surface area contributed by atoms with Gasteiger partial charge < -0.3 is 11.1 Å². The number of primary amides is 1. The fraction of sp³-hybridized carbons (Fsp3) is 0.889. The maximum Gasteiger partial charge on any atom is 0.217 e. The topological polar surface area (TPSA) is 55.1 Å².